The van der Waals surface area contributed by atoms with Crippen LogP contribution in [0.4, 0.5) is 0 Å². The minimum Gasteiger partial charge on any atom is -0.355 e. The number of hydrogen-bond acceptors (Lipinski definition) is 3. The highest BCUT2D eigenvalue weighted by Gasteiger charge is 2.22. The zero-order valence-corrected chi connectivity index (χ0v) is 17.4. The maximum absolute atomic E-state index is 12.7. The highest BCUT2D eigenvalue weighted by atomic mass is 35.5. The molecule has 0 saturated carbocycles. The Labute approximate surface area is 177 Å². The first-order valence-electron chi connectivity index (χ1n) is 10.2. The van der Waals surface area contributed by atoms with Gasteiger partial charge < -0.3 is 10.2 Å². The van der Waals surface area contributed by atoms with Gasteiger partial charge in [-0.05, 0) is 37.0 Å². The zero-order chi connectivity index (χ0) is 20.5. The second-order valence-corrected chi connectivity index (χ2v) is 7.75. The predicted molar refractivity (Wildman–Crippen MR) is 116 cm³/mol. The molecular weight excluding hydrogens is 386 g/mol. The highest BCUT2D eigenvalue weighted by Crippen LogP contribution is 2.18. The molecule has 0 aliphatic carbocycles. The number of halogens is 1. The van der Waals surface area contributed by atoms with Gasteiger partial charge >= 0.3 is 0 Å². The third-order valence-electron chi connectivity index (χ3n) is 5.15. The summed E-state index contributed by atoms with van der Waals surface area (Å²) in [5.41, 5.74) is 1.83. The molecule has 1 N–H and O–H groups in total. The fourth-order valence-corrected chi connectivity index (χ4v) is 3.78. The zero-order valence-electron chi connectivity index (χ0n) is 16.6. The van der Waals surface area contributed by atoms with Crippen molar-refractivity contribution in [3.63, 3.8) is 0 Å². The number of hydrogen-bond donors (Lipinski definition) is 1. The Kier molecular flexibility index (Phi) is 8.08. The van der Waals surface area contributed by atoms with Crippen molar-refractivity contribution in [2.24, 2.45) is 0 Å². The summed E-state index contributed by atoms with van der Waals surface area (Å²) >= 11 is 6.17. The first-order valence-corrected chi connectivity index (χ1v) is 10.6. The van der Waals surface area contributed by atoms with Crippen LogP contribution in [-0.2, 0) is 11.2 Å². The molecule has 1 heterocycles. The Hall–Kier alpha value is -2.37. The van der Waals surface area contributed by atoms with Crippen molar-refractivity contribution in [3.05, 3.63) is 70.7 Å². The molecule has 2 amide bonds. The first kappa shape index (κ1) is 21.3. The number of aryl methyl sites for hydroxylation is 1. The molecule has 154 valence electrons. The van der Waals surface area contributed by atoms with E-state index in [0.29, 0.717) is 43.3 Å². The van der Waals surface area contributed by atoms with Crippen molar-refractivity contribution in [1.82, 2.24) is 15.1 Å². The number of carbonyl (C=O) groups is 2. The van der Waals surface area contributed by atoms with E-state index in [0.717, 1.165) is 25.8 Å². The number of rotatable bonds is 7. The summed E-state index contributed by atoms with van der Waals surface area (Å²) < 4.78 is 0. The molecule has 0 radical (unpaired) electrons. The van der Waals surface area contributed by atoms with Crippen LogP contribution in [0.5, 0.6) is 0 Å². The van der Waals surface area contributed by atoms with Crippen LogP contribution in [0.2, 0.25) is 5.02 Å². The van der Waals surface area contributed by atoms with Crippen molar-refractivity contribution >= 4 is 23.4 Å². The SMILES string of the molecule is O=C(CN1CCCN(C(=O)c2ccccc2Cl)CC1)NCCCc1ccccc1. The summed E-state index contributed by atoms with van der Waals surface area (Å²) in [5.74, 6) is 0.00626. The number of amides is 2. The van der Waals surface area contributed by atoms with Crippen LogP contribution >= 0.6 is 11.6 Å². The van der Waals surface area contributed by atoms with Crippen molar-refractivity contribution in [1.29, 1.82) is 0 Å². The van der Waals surface area contributed by atoms with Crippen molar-refractivity contribution in [2.75, 3.05) is 39.3 Å². The summed E-state index contributed by atoms with van der Waals surface area (Å²) in [4.78, 5) is 29.0. The topological polar surface area (TPSA) is 52.7 Å². The molecule has 1 fully saturated rings. The third-order valence-corrected chi connectivity index (χ3v) is 5.48. The summed E-state index contributed by atoms with van der Waals surface area (Å²) in [6.45, 7) is 3.83. The van der Waals surface area contributed by atoms with E-state index in [1.54, 1.807) is 12.1 Å². The molecule has 2 aromatic rings. The van der Waals surface area contributed by atoms with Crippen LogP contribution in [0.1, 0.15) is 28.8 Å². The molecule has 0 bridgehead atoms. The van der Waals surface area contributed by atoms with E-state index in [4.69, 9.17) is 11.6 Å². The molecule has 0 unspecified atom stereocenters. The van der Waals surface area contributed by atoms with Crippen molar-refractivity contribution in [3.8, 4) is 0 Å². The Bertz CT molecular complexity index is 813. The molecule has 29 heavy (non-hydrogen) atoms. The van der Waals surface area contributed by atoms with Crippen LogP contribution in [-0.4, -0.2) is 60.9 Å². The van der Waals surface area contributed by atoms with Crippen LogP contribution in [0.3, 0.4) is 0 Å². The van der Waals surface area contributed by atoms with E-state index in [9.17, 15) is 9.59 Å². The lowest BCUT2D eigenvalue weighted by atomic mass is 10.1. The average Bonchev–Trinajstić information content (AvgIpc) is 2.97. The lowest BCUT2D eigenvalue weighted by Crippen LogP contribution is -2.40. The van der Waals surface area contributed by atoms with Gasteiger partial charge in [0, 0.05) is 32.7 Å². The van der Waals surface area contributed by atoms with Gasteiger partial charge in [0.2, 0.25) is 5.91 Å². The fraction of sp³-hybridized carbons (Fsp3) is 0.391. The smallest absolute Gasteiger partial charge is 0.255 e. The van der Waals surface area contributed by atoms with Crippen molar-refractivity contribution in [2.45, 2.75) is 19.3 Å². The third kappa shape index (κ3) is 6.58. The van der Waals surface area contributed by atoms with Gasteiger partial charge in [0.15, 0.2) is 0 Å². The van der Waals surface area contributed by atoms with Crippen LogP contribution < -0.4 is 5.32 Å². The molecule has 1 aliphatic heterocycles. The fourth-order valence-electron chi connectivity index (χ4n) is 3.56. The summed E-state index contributed by atoms with van der Waals surface area (Å²) in [6, 6.07) is 17.4. The van der Waals surface area contributed by atoms with E-state index in [2.05, 4.69) is 22.3 Å². The van der Waals surface area contributed by atoms with Crippen LogP contribution in [0.25, 0.3) is 0 Å². The van der Waals surface area contributed by atoms with Crippen LogP contribution in [0, 0.1) is 0 Å². The van der Waals surface area contributed by atoms with Gasteiger partial charge in [-0.2, -0.15) is 0 Å². The Balaban J connectivity index is 1.39. The minimum atomic E-state index is -0.0391. The minimum absolute atomic E-state index is 0.0391. The van der Waals surface area contributed by atoms with E-state index >= 15 is 0 Å². The molecule has 1 aliphatic rings. The van der Waals surface area contributed by atoms with Gasteiger partial charge in [-0.25, -0.2) is 0 Å². The molecule has 5 nitrogen and oxygen atoms in total. The molecule has 6 heteroatoms. The summed E-state index contributed by atoms with van der Waals surface area (Å²) in [5, 5.41) is 3.49. The van der Waals surface area contributed by atoms with Gasteiger partial charge in [-0.3, -0.25) is 14.5 Å². The molecule has 0 spiro atoms. The van der Waals surface area contributed by atoms with Gasteiger partial charge in [0.25, 0.3) is 5.91 Å². The maximum Gasteiger partial charge on any atom is 0.255 e. The van der Waals surface area contributed by atoms with Gasteiger partial charge in [0.1, 0.15) is 0 Å². The molecule has 2 aromatic carbocycles. The van der Waals surface area contributed by atoms with Gasteiger partial charge in [0.05, 0.1) is 17.1 Å². The lowest BCUT2D eigenvalue weighted by molar-refractivity contribution is -0.122. The first-order chi connectivity index (χ1) is 14.1. The summed E-state index contributed by atoms with van der Waals surface area (Å²) in [7, 11) is 0. The Morgan fingerprint density at radius 1 is 0.931 bits per heavy atom. The second kappa shape index (κ2) is 11.0. The molecule has 3 rings (SSSR count). The number of nitrogens with zero attached hydrogens (tertiary/aromatic N) is 2. The molecular formula is C23H28ClN3O2. The number of nitrogens with one attached hydrogen (secondary N) is 1. The number of benzene rings is 2. The van der Waals surface area contributed by atoms with E-state index < -0.39 is 0 Å². The predicted octanol–water partition coefficient (Wildman–Crippen LogP) is 3.24. The van der Waals surface area contributed by atoms with Gasteiger partial charge in [-0.15, -0.1) is 0 Å². The van der Waals surface area contributed by atoms with E-state index in [1.165, 1.54) is 5.56 Å². The van der Waals surface area contributed by atoms with E-state index in [1.807, 2.05) is 35.2 Å². The largest absolute Gasteiger partial charge is 0.355 e. The molecule has 0 atom stereocenters. The van der Waals surface area contributed by atoms with E-state index in [-0.39, 0.29) is 11.8 Å². The second-order valence-electron chi connectivity index (χ2n) is 7.34. The normalized spacial score (nSPS) is 15.0. The monoisotopic (exact) mass is 413 g/mol. The number of carbonyl (C=O) groups excluding carboxylic acids is 2. The van der Waals surface area contributed by atoms with Crippen molar-refractivity contribution < 1.29 is 9.59 Å². The highest BCUT2D eigenvalue weighted by molar-refractivity contribution is 6.33. The quantitative estimate of drug-likeness (QED) is 0.709. The van der Waals surface area contributed by atoms with Gasteiger partial charge in [-0.1, -0.05) is 54.1 Å². The maximum atomic E-state index is 12.7. The Morgan fingerprint density at radius 3 is 2.48 bits per heavy atom. The Morgan fingerprint density at radius 2 is 1.69 bits per heavy atom. The van der Waals surface area contributed by atoms with Crippen LogP contribution in [0.15, 0.2) is 54.6 Å². The average molecular weight is 414 g/mol. The molecule has 1 saturated heterocycles. The lowest BCUT2D eigenvalue weighted by Gasteiger charge is -2.22. The summed E-state index contributed by atoms with van der Waals surface area (Å²) in [6.07, 6.45) is 2.73. The molecule has 0 aromatic heterocycles. The standard InChI is InChI=1S/C23H28ClN3O2/c24-21-12-5-4-11-20(21)23(29)27-15-7-14-26(16-17-27)18-22(28)25-13-6-10-19-8-2-1-3-9-19/h1-5,8-9,11-12H,6-7,10,13-18H2,(H,25,28).